The highest BCUT2D eigenvalue weighted by Gasteiger charge is 2.07. The van der Waals surface area contributed by atoms with Gasteiger partial charge in [-0.25, -0.2) is 9.37 Å². The highest BCUT2D eigenvalue weighted by atomic mass is 35.5. The fourth-order valence-electron chi connectivity index (χ4n) is 0.990. The monoisotopic (exact) mass is 236 g/mol. The van der Waals surface area contributed by atoms with Gasteiger partial charge in [0.15, 0.2) is 11.6 Å². The van der Waals surface area contributed by atoms with Gasteiger partial charge >= 0.3 is 0 Å². The number of aromatic nitrogens is 1. The first-order valence-corrected chi connectivity index (χ1v) is 5.18. The lowest BCUT2D eigenvalue weighted by Crippen LogP contribution is -2.17. The summed E-state index contributed by atoms with van der Waals surface area (Å²) >= 11 is 11.1. The number of hydrogen-bond donors (Lipinski definition) is 1. The highest BCUT2D eigenvalue weighted by Crippen LogP contribution is 2.16. The summed E-state index contributed by atoms with van der Waals surface area (Å²) in [7, 11) is 0. The van der Waals surface area contributed by atoms with Crippen LogP contribution in [0.4, 0.5) is 10.2 Å². The summed E-state index contributed by atoms with van der Waals surface area (Å²) in [6.45, 7) is 1.91. The Kier molecular flexibility index (Phi) is 4.42. The molecule has 1 atom stereocenters. The zero-order valence-electron chi connectivity index (χ0n) is 7.73. The van der Waals surface area contributed by atoms with Crippen LogP contribution in [0.3, 0.4) is 0 Å². The molecule has 1 N–H and O–H groups in total. The van der Waals surface area contributed by atoms with Gasteiger partial charge in [0.05, 0.1) is 5.02 Å². The van der Waals surface area contributed by atoms with Crippen LogP contribution in [-0.2, 0) is 0 Å². The molecule has 1 heterocycles. The van der Waals surface area contributed by atoms with E-state index < -0.39 is 5.82 Å². The summed E-state index contributed by atoms with van der Waals surface area (Å²) in [5.41, 5.74) is 0. The van der Waals surface area contributed by atoms with E-state index in [1.807, 2.05) is 6.92 Å². The first-order valence-electron chi connectivity index (χ1n) is 4.27. The fraction of sp³-hybridized carbons (Fsp3) is 0.444. The van der Waals surface area contributed by atoms with Crippen molar-refractivity contribution in [2.45, 2.75) is 19.4 Å². The van der Waals surface area contributed by atoms with E-state index in [2.05, 4.69) is 10.3 Å². The van der Waals surface area contributed by atoms with Gasteiger partial charge in [-0.05, 0) is 19.4 Å². The van der Waals surface area contributed by atoms with E-state index >= 15 is 0 Å². The van der Waals surface area contributed by atoms with Crippen LogP contribution in [0.2, 0.25) is 5.02 Å². The molecular formula is C9H11Cl2FN2. The van der Waals surface area contributed by atoms with Gasteiger partial charge in [-0.3, -0.25) is 0 Å². The van der Waals surface area contributed by atoms with Crippen molar-refractivity contribution in [2.24, 2.45) is 0 Å². The molecule has 78 valence electrons. The maximum absolute atomic E-state index is 13.2. The maximum atomic E-state index is 13.2. The van der Waals surface area contributed by atoms with Crippen LogP contribution in [0.1, 0.15) is 13.3 Å². The highest BCUT2D eigenvalue weighted by molar-refractivity contribution is 6.30. The molecule has 14 heavy (non-hydrogen) atoms. The van der Waals surface area contributed by atoms with Crippen LogP contribution in [0.25, 0.3) is 0 Å². The Hall–Kier alpha value is -0.540. The number of anilines is 1. The molecule has 2 nitrogen and oxygen atoms in total. The van der Waals surface area contributed by atoms with Crippen molar-refractivity contribution in [1.82, 2.24) is 4.98 Å². The Labute approximate surface area is 92.4 Å². The second kappa shape index (κ2) is 5.37. The van der Waals surface area contributed by atoms with Gasteiger partial charge in [0.25, 0.3) is 0 Å². The van der Waals surface area contributed by atoms with Crippen LogP contribution >= 0.6 is 23.2 Å². The van der Waals surface area contributed by atoms with Gasteiger partial charge < -0.3 is 5.32 Å². The number of nitrogens with one attached hydrogen (secondary N) is 1. The molecule has 0 saturated heterocycles. The standard InChI is InChI=1S/C9H11Cl2FN2/c1-6(2-3-10)14-9-8(12)4-7(11)5-13-9/h4-6H,2-3H2,1H3,(H,13,14). The van der Waals surface area contributed by atoms with Gasteiger partial charge in [-0.1, -0.05) is 11.6 Å². The molecule has 0 aliphatic heterocycles. The maximum Gasteiger partial charge on any atom is 0.166 e. The van der Waals surface area contributed by atoms with Crippen molar-refractivity contribution in [3.05, 3.63) is 23.1 Å². The minimum absolute atomic E-state index is 0.0932. The van der Waals surface area contributed by atoms with Crippen molar-refractivity contribution in [3.63, 3.8) is 0 Å². The molecule has 0 amide bonds. The first kappa shape index (κ1) is 11.5. The molecule has 0 bridgehead atoms. The third-order valence-corrected chi connectivity index (χ3v) is 2.16. The quantitative estimate of drug-likeness (QED) is 0.812. The lowest BCUT2D eigenvalue weighted by atomic mass is 10.2. The smallest absolute Gasteiger partial charge is 0.166 e. The third-order valence-electron chi connectivity index (χ3n) is 1.73. The number of halogens is 3. The Balaban J connectivity index is 2.67. The molecule has 1 aromatic rings. The van der Waals surface area contributed by atoms with E-state index in [1.165, 1.54) is 12.3 Å². The van der Waals surface area contributed by atoms with Gasteiger partial charge in [0, 0.05) is 18.1 Å². The largest absolute Gasteiger partial charge is 0.365 e. The number of pyridine rings is 1. The molecule has 0 aliphatic rings. The Morgan fingerprint density at radius 2 is 2.36 bits per heavy atom. The first-order chi connectivity index (χ1) is 6.63. The van der Waals surface area contributed by atoms with Crippen molar-refractivity contribution in [2.75, 3.05) is 11.2 Å². The Bertz CT molecular complexity index is 307. The molecular weight excluding hydrogens is 226 g/mol. The van der Waals surface area contributed by atoms with Gasteiger partial charge in [0.2, 0.25) is 0 Å². The molecule has 0 fully saturated rings. The van der Waals surface area contributed by atoms with E-state index in [4.69, 9.17) is 23.2 Å². The van der Waals surface area contributed by atoms with Crippen molar-refractivity contribution in [3.8, 4) is 0 Å². The van der Waals surface area contributed by atoms with E-state index in [1.54, 1.807) is 0 Å². The normalized spacial score (nSPS) is 12.6. The van der Waals surface area contributed by atoms with E-state index in [0.29, 0.717) is 5.88 Å². The molecule has 0 radical (unpaired) electrons. The summed E-state index contributed by atoms with van der Waals surface area (Å²) in [5, 5.41) is 3.20. The van der Waals surface area contributed by atoms with Crippen LogP contribution in [-0.4, -0.2) is 16.9 Å². The van der Waals surface area contributed by atoms with Crippen molar-refractivity contribution in [1.29, 1.82) is 0 Å². The fourth-order valence-corrected chi connectivity index (χ4v) is 1.46. The molecule has 5 heteroatoms. The van der Waals surface area contributed by atoms with Gasteiger partial charge in [-0.15, -0.1) is 11.6 Å². The van der Waals surface area contributed by atoms with Crippen LogP contribution in [0, 0.1) is 5.82 Å². The summed E-state index contributed by atoms with van der Waals surface area (Å²) in [6, 6.07) is 1.32. The Morgan fingerprint density at radius 1 is 1.64 bits per heavy atom. The second-order valence-electron chi connectivity index (χ2n) is 3.01. The molecule has 1 rings (SSSR count). The third kappa shape index (κ3) is 3.31. The lowest BCUT2D eigenvalue weighted by molar-refractivity contribution is 0.618. The number of rotatable bonds is 4. The predicted molar refractivity (Wildman–Crippen MR) is 57.6 cm³/mol. The minimum atomic E-state index is -0.445. The molecule has 0 saturated carbocycles. The topological polar surface area (TPSA) is 24.9 Å². The van der Waals surface area contributed by atoms with E-state index in [0.717, 1.165) is 6.42 Å². The van der Waals surface area contributed by atoms with E-state index in [-0.39, 0.29) is 16.9 Å². The second-order valence-corrected chi connectivity index (χ2v) is 3.82. The van der Waals surface area contributed by atoms with Crippen LogP contribution in [0.15, 0.2) is 12.3 Å². The lowest BCUT2D eigenvalue weighted by Gasteiger charge is -2.13. The Morgan fingerprint density at radius 3 is 2.93 bits per heavy atom. The number of alkyl halides is 1. The zero-order chi connectivity index (χ0) is 10.6. The molecule has 0 aromatic carbocycles. The average molecular weight is 237 g/mol. The molecule has 1 aromatic heterocycles. The zero-order valence-corrected chi connectivity index (χ0v) is 9.24. The van der Waals surface area contributed by atoms with Crippen molar-refractivity contribution < 1.29 is 4.39 Å². The van der Waals surface area contributed by atoms with Crippen LogP contribution < -0.4 is 5.32 Å². The SMILES string of the molecule is CC(CCCl)Nc1ncc(Cl)cc1F. The number of nitrogens with zero attached hydrogens (tertiary/aromatic N) is 1. The van der Waals surface area contributed by atoms with Gasteiger partial charge in [-0.2, -0.15) is 0 Å². The average Bonchev–Trinajstić information content (AvgIpc) is 2.10. The van der Waals surface area contributed by atoms with E-state index in [9.17, 15) is 4.39 Å². The number of hydrogen-bond acceptors (Lipinski definition) is 2. The molecule has 1 unspecified atom stereocenters. The van der Waals surface area contributed by atoms with Crippen LogP contribution in [0.5, 0.6) is 0 Å². The summed E-state index contributed by atoms with van der Waals surface area (Å²) in [4.78, 5) is 3.84. The predicted octanol–water partition coefficient (Wildman–Crippen LogP) is 3.30. The summed E-state index contributed by atoms with van der Waals surface area (Å²) in [6.07, 6.45) is 2.16. The van der Waals surface area contributed by atoms with Gasteiger partial charge in [0.1, 0.15) is 0 Å². The molecule has 0 aliphatic carbocycles. The van der Waals surface area contributed by atoms with Crippen molar-refractivity contribution >= 4 is 29.0 Å². The summed E-state index contributed by atoms with van der Waals surface area (Å²) < 4.78 is 13.2. The molecule has 0 spiro atoms. The minimum Gasteiger partial charge on any atom is -0.365 e. The summed E-state index contributed by atoms with van der Waals surface area (Å²) in [5.74, 6) is 0.301.